The number of nitrogens with one attached hydrogen (secondary N) is 1. The summed E-state index contributed by atoms with van der Waals surface area (Å²) < 4.78 is 30.7. The van der Waals surface area contributed by atoms with E-state index in [9.17, 15) is 13.2 Å². The molecule has 2 aromatic heterocycles. The lowest BCUT2D eigenvalue weighted by Crippen LogP contribution is -2.30. The van der Waals surface area contributed by atoms with Crippen molar-refractivity contribution in [3.05, 3.63) is 66.7 Å². The Hall–Kier alpha value is -3.50. The van der Waals surface area contributed by atoms with Gasteiger partial charge in [0.05, 0.1) is 27.3 Å². The fraction of sp³-hybridized carbons (Fsp3) is 0.292. The Bertz CT molecular complexity index is 1410. The normalized spacial score (nSPS) is 11.9. The summed E-state index contributed by atoms with van der Waals surface area (Å²) >= 11 is 0. The van der Waals surface area contributed by atoms with E-state index in [1.54, 1.807) is 29.1 Å². The lowest BCUT2D eigenvalue weighted by Gasteiger charge is -2.18. The average Bonchev–Trinajstić information content (AvgIpc) is 3.47. The number of anilines is 1. The maximum Gasteiger partial charge on any atom is 0.243 e. The van der Waals surface area contributed by atoms with Crippen molar-refractivity contribution in [2.75, 3.05) is 18.4 Å². The maximum atomic E-state index is 12.9. The molecule has 0 fully saturated rings. The molecule has 2 heterocycles. The number of hydrogen-bond donors (Lipinski definition) is 1. The molecule has 34 heavy (non-hydrogen) atoms. The minimum Gasteiger partial charge on any atom is -0.331 e. The number of amides is 1. The van der Waals surface area contributed by atoms with E-state index in [1.807, 2.05) is 62.0 Å². The molecular weight excluding hydrogens is 452 g/mol. The number of sulfonamides is 1. The Labute approximate surface area is 199 Å². The minimum absolute atomic E-state index is 0.142. The fourth-order valence-electron chi connectivity index (χ4n) is 3.95. The second kappa shape index (κ2) is 9.78. The van der Waals surface area contributed by atoms with E-state index in [4.69, 9.17) is 0 Å². The van der Waals surface area contributed by atoms with Gasteiger partial charge in [0.25, 0.3) is 0 Å². The molecule has 0 aliphatic heterocycles. The van der Waals surface area contributed by atoms with Crippen LogP contribution in [0.25, 0.3) is 16.7 Å². The van der Waals surface area contributed by atoms with Crippen LogP contribution in [0.5, 0.6) is 0 Å². The summed E-state index contributed by atoms with van der Waals surface area (Å²) in [4.78, 5) is 17.5. The third-order valence-corrected chi connectivity index (χ3v) is 7.84. The first-order chi connectivity index (χ1) is 16.3. The zero-order chi connectivity index (χ0) is 24.3. The number of imidazole rings is 1. The van der Waals surface area contributed by atoms with E-state index in [0.29, 0.717) is 36.5 Å². The summed E-state index contributed by atoms with van der Waals surface area (Å²) in [7, 11) is -1.70. The Kier molecular flexibility index (Phi) is 6.80. The molecule has 0 radical (unpaired) electrons. The summed E-state index contributed by atoms with van der Waals surface area (Å²) in [6, 6.07) is 14.3. The number of nitrogens with zero attached hydrogens (tertiary/aromatic N) is 5. The number of para-hydroxylation sites is 2. The van der Waals surface area contributed by atoms with Crippen molar-refractivity contribution < 1.29 is 13.2 Å². The smallest absolute Gasteiger partial charge is 0.243 e. The summed E-state index contributed by atoms with van der Waals surface area (Å²) in [6.07, 6.45) is 4.15. The van der Waals surface area contributed by atoms with Crippen molar-refractivity contribution in [2.45, 2.75) is 31.6 Å². The highest BCUT2D eigenvalue weighted by Gasteiger charge is 2.23. The molecular formula is C24H28N6O3S. The molecule has 0 saturated heterocycles. The number of aromatic nitrogens is 4. The number of rotatable bonds is 9. The van der Waals surface area contributed by atoms with Crippen LogP contribution in [0.1, 0.15) is 26.1 Å². The van der Waals surface area contributed by atoms with E-state index in [2.05, 4.69) is 15.4 Å². The Morgan fingerprint density at radius 1 is 1.09 bits per heavy atom. The molecule has 2 aromatic carbocycles. The fourth-order valence-corrected chi connectivity index (χ4v) is 5.43. The van der Waals surface area contributed by atoms with Crippen LogP contribution in [0.3, 0.4) is 0 Å². The van der Waals surface area contributed by atoms with Crippen molar-refractivity contribution in [1.82, 2.24) is 23.6 Å². The number of fused-ring (bicyclic) bond motifs is 1. The second-order valence-electron chi connectivity index (χ2n) is 7.84. The summed E-state index contributed by atoms with van der Waals surface area (Å²) in [5.74, 6) is 0.569. The van der Waals surface area contributed by atoms with Crippen LogP contribution in [-0.2, 0) is 28.3 Å². The van der Waals surface area contributed by atoms with Crippen molar-refractivity contribution in [3.8, 4) is 5.69 Å². The van der Waals surface area contributed by atoms with E-state index in [1.165, 1.54) is 4.31 Å². The predicted molar refractivity (Wildman–Crippen MR) is 131 cm³/mol. The number of benzene rings is 2. The first kappa shape index (κ1) is 23.7. The lowest BCUT2D eigenvalue weighted by atomic mass is 10.2. The van der Waals surface area contributed by atoms with E-state index in [-0.39, 0.29) is 17.2 Å². The highest BCUT2D eigenvalue weighted by Crippen LogP contribution is 2.23. The monoisotopic (exact) mass is 480 g/mol. The standard InChI is InChI=1S/C24H28N6O3S/c1-4-29(5-2)34(32,33)18-11-12-21-20(17-18)26-23(28(21)3)13-14-24(31)27-19-9-6-7-10-22(19)30-16-8-15-25-30/h6-12,15-17H,4-5,13-14H2,1-3H3,(H,27,31). The Morgan fingerprint density at radius 2 is 1.85 bits per heavy atom. The van der Waals surface area contributed by atoms with Crippen molar-refractivity contribution in [3.63, 3.8) is 0 Å². The van der Waals surface area contributed by atoms with Gasteiger partial charge in [-0.2, -0.15) is 9.40 Å². The quantitative estimate of drug-likeness (QED) is 0.396. The van der Waals surface area contributed by atoms with Gasteiger partial charge in [0.15, 0.2) is 0 Å². The van der Waals surface area contributed by atoms with Gasteiger partial charge < -0.3 is 9.88 Å². The molecule has 10 heteroatoms. The molecule has 0 unspecified atom stereocenters. The van der Waals surface area contributed by atoms with Crippen molar-refractivity contribution in [2.24, 2.45) is 7.05 Å². The molecule has 1 amide bonds. The van der Waals surface area contributed by atoms with Crippen LogP contribution < -0.4 is 5.32 Å². The first-order valence-corrected chi connectivity index (χ1v) is 12.6. The van der Waals surface area contributed by atoms with Gasteiger partial charge in [-0.1, -0.05) is 26.0 Å². The lowest BCUT2D eigenvalue weighted by molar-refractivity contribution is -0.116. The van der Waals surface area contributed by atoms with Gasteiger partial charge in [0, 0.05) is 45.4 Å². The number of aryl methyl sites for hydroxylation is 2. The molecule has 0 saturated carbocycles. The van der Waals surface area contributed by atoms with Crippen LogP contribution in [-0.4, -0.2) is 51.1 Å². The SMILES string of the molecule is CCN(CC)S(=O)(=O)c1ccc2c(c1)nc(CCC(=O)Nc1ccccc1-n1cccn1)n2C. The van der Waals surface area contributed by atoms with Crippen LogP contribution in [0.4, 0.5) is 5.69 Å². The molecule has 0 spiro atoms. The second-order valence-corrected chi connectivity index (χ2v) is 9.78. The van der Waals surface area contributed by atoms with Crippen molar-refractivity contribution in [1.29, 1.82) is 0 Å². The molecule has 0 aliphatic carbocycles. The van der Waals surface area contributed by atoms with Crippen molar-refractivity contribution >= 4 is 32.7 Å². The van der Waals surface area contributed by atoms with E-state index < -0.39 is 10.0 Å². The van der Waals surface area contributed by atoms with Gasteiger partial charge in [0.2, 0.25) is 15.9 Å². The number of carbonyl (C=O) groups excluding carboxylic acids is 1. The van der Waals surface area contributed by atoms with Gasteiger partial charge in [-0.25, -0.2) is 18.1 Å². The third-order valence-electron chi connectivity index (χ3n) is 5.79. The highest BCUT2D eigenvalue weighted by atomic mass is 32.2. The van der Waals surface area contributed by atoms with E-state index in [0.717, 1.165) is 11.2 Å². The molecule has 4 rings (SSSR count). The molecule has 178 valence electrons. The molecule has 0 aliphatic rings. The molecule has 0 bridgehead atoms. The summed E-state index contributed by atoms with van der Waals surface area (Å²) in [6.45, 7) is 4.44. The molecule has 4 aromatic rings. The molecule has 1 N–H and O–H groups in total. The van der Waals surface area contributed by atoms with Gasteiger partial charge >= 0.3 is 0 Å². The van der Waals surface area contributed by atoms with Crippen LogP contribution in [0.15, 0.2) is 65.8 Å². The molecule has 0 atom stereocenters. The largest absolute Gasteiger partial charge is 0.331 e. The maximum absolute atomic E-state index is 12.9. The number of hydrogen-bond acceptors (Lipinski definition) is 5. The van der Waals surface area contributed by atoms with Crippen LogP contribution in [0.2, 0.25) is 0 Å². The van der Waals surface area contributed by atoms with Gasteiger partial charge in [-0.15, -0.1) is 0 Å². The minimum atomic E-state index is -3.57. The number of carbonyl (C=O) groups is 1. The zero-order valence-electron chi connectivity index (χ0n) is 19.5. The van der Waals surface area contributed by atoms with Gasteiger partial charge in [0.1, 0.15) is 5.82 Å². The average molecular weight is 481 g/mol. The highest BCUT2D eigenvalue weighted by molar-refractivity contribution is 7.89. The Balaban J connectivity index is 1.50. The topological polar surface area (TPSA) is 102 Å². The van der Waals surface area contributed by atoms with Crippen LogP contribution >= 0.6 is 0 Å². The molecule has 9 nitrogen and oxygen atoms in total. The zero-order valence-corrected chi connectivity index (χ0v) is 20.3. The third kappa shape index (κ3) is 4.59. The van der Waals surface area contributed by atoms with E-state index >= 15 is 0 Å². The predicted octanol–water partition coefficient (Wildman–Crippen LogP) is 3.36. The first-order valence-electron chi connectivity index (χ1n) is 11.2. The van der Waals surface area contributed by atoms with Crippen LogP contribution in [0, 0.1) is 0 Å². The summed E-state index contributed by atoms with van der Waals surface area (Å²) in [5.41, 5.74) is 2.87. The summed E-state index contributed by atoms with van der Waals surface area (Å²) in [5, 5.41) is 7.19. The Morgan fingerprint density at radius 3 is 2.56 bits per heavy atom. The van der Waals surface area contributed by atoms with Gasteiger partial charge in [-0.3, -0.25) is 4.79 Å². The van der Waals surface area contributed by atoms with Gasteiger partial charge in [-0.05, 0) is 36.4 Å².